The second-order valence-electron chi connectivity index (χ2n) is 9.81. The van der Waals surface area contributed by atoms with E-state index in [1.807, 2.05) is 54.6 Å². The van der Waals surface area contributed by atoms with Crippen LogP contribution in [0, 0.1) is 12.3 Å². The van der Waals surface area contributed by atoms with Gasteiger partial charge in [0, 0.05) is 31.3 Å². The molecule has 0 unspecified atom stereocenters. The number of anilines is 1. The molecule has 0 radical (unpaired) electrons. The molecule has 8 heteroatoms. The second kappa shape index (κ2) is 9.69. The van der Waals surface area contributed by atoms with Crippen molar-refractivity contribution in [2.24, 2.45) is 0 Å². The summed E-state index contributed by atoms with van der Waals surface area (Å²) >= 11 is 0. The van der Waals surface area contributed by atoms with E-state index in [-0.39, 0.29) is 43.7 Å². The Labute approximate surface area is 225 Å². The summed E-state index contributed by atoms with van der Waals surface area (Å²) in [6.07, 6.45) is 8.08. The van der Waals surface area contributed by atoms with Crippen LogP contribution in [-0.2, 0) is 29.7 Å². The van der Waals surface area contributed by atoms with Crippen LogP contribution in [0.1, 0.15) is 44.0 Å². The number of benzene rings is 3. The number of rotatable bonds is 8. The van der Waals surface area contributed by atoms with Crippen LogP contribution in [0.4, 0.5) is 5.69 Å². The summed E-state index contributed by atoms with van der Waals surface area (Å²) < 4.78 is 1.59. The summed E-state index contributed by atoms with van der Waals surface area (Å²) in [5.74, 6) is 2.05. The van der Waals surface area contributed by atoms with Crippen molar-refractivity contribution in [3.05, 3.63) is 113 Å². The predicted molar refractivity (Wildman–Crippen MR) is 145 cm³/mol. The van der Waals surface area contributed by atoms with E-state index in [0.29, 0.717) is 23.4 Å². The van der Waals surface area contributed by atoms with Gasteiger partial charge in [-0.15, -0.1) is 17.4 Å². The number of aromatic nitrogens is 3. The molecular weight excluding hydrogens is 490 g/mol. The number of nitrogens with zero attached hydrogens (tertiary/aromatic N) is 5. The largest absolute Gasteiger partial charge is 0.307 e. The quantitative estimate of drug-likeness (QED) is 0.264. The fraction of sp³-hybridized carbons (Fsp3) is 0.194. The number of hydrogen-bond acceptors (Lipinski definition) is 5. The van der Waals surface area contributed by atoms with E-state index in [9.17, 15) is 14.4 Å². The molecule has 0 N–H and O–H groups in total. The highest BCUT2D eigenvalue weighted by atomic mass is 16.2. The lowest BCUT2D eigenvalue weighted by Gasteiger charge is -2.26. The van der Waals surface area contributed by atoms with Crippen molar-refractivity contribution in [2.45, 2.75) is 31.3 Å². The third-order valence-electron chi connectivity index (χ3n) is 7.45. The number of hydrogen-bond donors (Lipinski definition) is 0. The zero-order chi connectivity index (χ0) is 27.0. The second-order valence-corrected chi connectivity index (χ2v) is 9.81. The fourth-order valence-corrected chi connectivity index (χ4v) is 5.58. The number of imide groups is 1. The van der Waals surface area contributed by atoms with E-state index < -0.39 is 5.41 Å². The van der Waals surface area contributed by atoms with E-state index in [1.54, 1.807) is 40.0 Å². The number of terminal acetylenes is 1. The highest BCUT2D eigenvalue weighted by molar-refractivity contribution is 6.21. The normalized spacial score (nSPS) is 17.9. The molecule has 39 heavy (non-hydrogen) atoms. The maximum absolute atomic E-state index is 14.1. The molecule has 2 aliphatic rings. The molecule has 0 aliphatic carbocycles. The van der Waals surface area contributed by atoms with Gasteiger partial charge in [0.05, 0.1) is 35.3 Å². The van der Waals surface area contributed by atoms with E-state index in [1.165, 1.54) is 4.90 Å². The van der Waals surface area contributed by atoms with Crippen molar-refractivity contribution in [3.8, 4) is 12.3 Å². The van der Waals surface area contributed by atoms with Crippen LogP contribution in [0.15, 0.2) is 85.1 Å². The topological polar surface area (TPSA) is 88.4 Å². The predicted octanol–water partition coefficient (Wildman–Crippen LogP) is 3.62. The van der Waals surface area contributed by atoms with E-state index in [4.69, 9.17) is 6.42 Å². The van der Waals surface area contributed by atoms with E-state index >= 15 is 0 Å². The SMILES string of the molecule is C#CC[C@@]1(Cc2cn(CCN3C(=O)c4ccccc4C3=O)nn2)C(=O)N(Cc2ccccc2)c2ccccc21. The Kier molecular flexibility index (Phi) is 6.04. The van der Waals surface area contributed by atoms with Crippen LogP contribution >= 0.6 is 0 Å². The molecule has 2 aliphatic heterocycles. The lowest BCUT2D eigenvalue weighted by Crippen LogP contribution is -2.41. The third kappa shape index (κ3) is 4.09. The highest BCUT2D eigenvalue weighted by Crippen LogP contribution is 2.46. The van der Waals surface area contributed by atoms with Crippen molar-refractivity contribution >= 4 is 23.4 Å². The van der Waals surface area contributed by atoms with Crippen LogP contribution in [0.2, 0.25) is 0 Å². The number of amides is 3. The van der Waals surface area contributed by atoms with Gasteiger partial charge in [-0.2, -0.15) is 0 Å². The van der Waals surface area contributed by atoms with Crippen molar-refractivity contribution in [1.82, 2.24) is 19.9 Å². The monoisotopic (exact) mass is 515 g/mol. The van der Waals surface area contributed by atoms with Crippen LogP contribution < -0.4 is 4.90 Å². The molecule has 6 rings (SSSR count). The van der Waals surface area contributed by atoms with Gasteiger partial charge in [-0.3, -0.25) is 24.0 Å². The first kappa shape index (κ1) is 24.3. The third-order valence-corrected chi connectivity index (χ3v) is 7.45. The Balaban J connectivity index is 1.23. The summed E-state index contributed by atoms with van der Waals surface area (Å²) in [4.78, 5) is 42.5. The Morgan fingerprint density at radius 2 is 1.46 bits per heavy atom. The van der Waals surface area contributed by atoms with Gasteiger partial charge in [-0.25, -0.2) is 0 Å². The molecule has 3 aromatic carbocycles. The highest BCUT2D eigenvalue weighted by Gasteiger charge is 2.50. The first-order valence-corrected chi connectivity index (χ1v) is 12.7. The molecule has 1 aromatic heterocycles. The van der Waals surface area contributed by atoms with Crippen LogP contribution in [-0.4, -0.2) is 44.2 Å². The molecule has 0 saturated heterocycles. The summed E-state index contributed by atoms with van der Waals surface area (Å²) in [7, 11) is 0. The molecule has 8 nitrogen and oxygen atoms in total. The van der Waals surface area contributed by atoms with Gasteiger partial charge in [0.15, 0.2) is 0 Å². The smallest absolute Gasteiger partial charge is 0.261 e. The van der Waals surface area contributed by atoms with Gasteiger partial charge in [0.25, 0.3) is 11.8 Å². The fourth-order valence-electron chi connectivity index (χ4n) is 5.58. The van der Waals surface area contributed by atoms with Crippen molar-refractivity contribution in [2.75, 3.05) is 11.4 Å². The molecule has 0 fully saturated rings. The van der Waals surface area contributed by atoms with Gasteiger partial charge in [0.2, 0.25) is 5.91 Å². The van der Waals surface area contributed by atoms with Crippen molar-refractivity contribution in [1.29, 1.82) is 0 Å². The Bertz CT molecular complexity index is 1600. The summed E-state index contributed by atoms with van der Waals surface area (Å²) in [6.45, 7) is 0.887. The molecular formula is C31H25N5O3. The number of fused-ring (bicyclic) bond motifs is 2. The molecule has 0 bridgehead atoms. The summed E-state index contributed by atoms with van der Waals surface area (Å²) in [5.41, 5.74) is 3.22. The van der Waals surface area contributed by atoms with Gasteiger partial charge in [-0.1, -0.05) is 65.9 Å². The zero-order valence-corrected chi connectivity index (χ0v) is 21.2. The average Bonchev–Trinajstić information content (AvgIpc) is 3.58. The first-order valence-electron chi connectivity index (χ1n) is 12.7. The van der Waals surface area contributed by atoms with Gasteiger partial charge in [0.1, 0.15) is 0 Å². The standard InChI is InChI=1S/C31H25N5O3/c1-2-16-31(26-14-8-9-15-27(26)36(30(31)39)20-22-10-4-3-5-11-22)19-23-21-34(33-32-23)17-18-35-28(37)24-12-6-7-13-25(24)29(35)38/h1,3-15,21H,16-20H2/t31-/m0/s1. The minimum absolute atomic E-state index is 0.0638. The Morgan fingerprint density at radius 1 is 0.795 bits per heavy atom. The molecule has 3 amide bonds. The number of carbonyl (C=O) groups excluding carboxylic acids is 3. The average molecular weight is 516 g/mol. The van der Waals surface area contributed by atoms with Gasteiger partial charge >= 0.3 is 0 Å². The zero-order valence-electron chi connectivity index (χ0n) is 21.2. The molecule has 3 heterocycles. The van der Waals surface area contributed by atoms with Crippen LogP contribution in [0.3, 0.4) is 0 Å². The van der Waals surface area contributed by atoms with E-state index in [2.05, 4.69) is 16.2 Å². The Morgan fingerprint density at radius 3 is 2.18 bits per heavy atom. The lowest BCUT2D eigenvalue weighted by molar-refractivity contribution is -0.123. The van der Waals surface area contributed by atoms with Crippen LogP contribution in [0.25, 0.3) is 0 Å². The lowest BCUT2D eigenvalue weighted by atomic mass is 9.75. The molecule has 1 atom stereocenters. The van der Waals surface area contributed by atoms with Crippen molar-refractivity contribution in [3.63, 3.8) is 0 Å². The maximum atomic E-state index is 14.1. The van der Waals surface area contributed by atoms with E-state index in [0.717, 1.165) is 16.8 Å². The molecule has 0 spiro atoms. The maximum Gasteiger partial charge on any atom is 0.261 e. The van der Waals surface area contributed by atoms with Gasteiger partial charge < -0.3 is 4.90 Å². The van der Waals surface area contributed by atoms with Crippen molar-refractivity contribution < 1.29 is 14.4 Å². The van der Waals surface area contributed by atoms with Crippen LogP contribution in [0.5, 0.6) is 0 Å². The van der Waals surface area contributed by atoms with Gasteiger partial charge in [-0.05, 0) is 29.3 Å². The number of para-hydroxylation sites is 1. The molecule has 4 aromatic rings. The minimum Gasteiger partial charge on any atom is -0.307 e. The molecule has 0 saturated carbocycles. The summed E-state index contributed by atoms with van der Waals surface area (Å²) in [6, 6.07) is 24.4. The molecule has 192 valence electrons. The minimum atomic E-state index is -0.969. The first-order chi connectivity index (χ1) is 19.0. The number of carbonyl (C=O) groups is 3. The summed E-state index contributed by atoms with van der Waals surface area (Å²) in [5, 5.41) is 8.55. The Hall–Kier alpha value is -5.03.